The number of fused-ring (bicyclic) bond motifs is 1. The lowest BCUT2D eigenvalue weighted by molar-refractivity contribution is -0.120. The van der Waals surface area contributed by atoms with Gasteiger partial charge in [0.2, 0.25) is 11.9 Å². The van der Waals surface area contributed by atoms with Crippen LogP contribution in [0.2, 0.25) is 0 Å². The van der Waals surface area contributed by atoms with E-state index in [9.17, 15) is 18.4 Å². The molecule has 0 aliphatic rings. The maximum Gasteiger partial charge on any atom is 0.257 e. The van der Waals surface area contributed by atoms with E-state index in [0.717, 1.165) is 0 Å². The zero-order valence-corrected chi connectivity index (χ0v) is 18.7. The Morgan fingerprint density at radius 2 is 1.79 bits per heavy atom. The van der Waals surface area contributed by atoms with Crippen LogP contribution < -0.4 is 16.0 Å². The molecular formula is C23H26F2N6O2. The van der Waals surface area contributed by atoms with Crippen LogP contribution in [-0.2, 0) is 11.3 Å². The lowest BCUT2D eigenvalue weighted by atomic mass is 10.2. The Morgan fingerprint density at radius 3 is 2.45 bits per heavy atom. The molecule has 1 heterocycles. The SMILES string of the molecule is CNC(=O)CCCn1nc(NC(=NC(C)C)NC(=O)c2ccc(F)cc2)c2ccc(F)cc21. The molecule has 3 N–H and O–H groups in total. The van der Waals surface area contributed by atoms with Crippen molar-refractivity contribution < 1.29 is 18.4 Å². The van der Waals surface area contributed by atoms with E-state index in [-0.39, 0.29) is 23.5 Å². The highest BCUT2D eigenvalue weighted by Crippen LogP contribution is 2.24. The molecule has 0 unspecified atom stereocenters. The quantitative estimate of drug-likeness (QED) is 0.375. The summed E-state index contributed by atoms with van der Waals surface area (Å²) in [7, 11) is 1.57. The zero-order chi connectivity index (χ0) is 24.0. The Labute approximate surface area is 190 Å². The largest absolute Gasteiger partial charge is 0.359 e. The number of hydrogen-bond donors (Lipinski definition) is 3. The number of nitrogens with zero attached hydrogens (tertiary/aromatic N) is 3. The van der Waals surface area contributed by atoms with Crippen molar-refractivity contribution in [2.24, 2.45) is 4.99 Å². The zero-order valence-electron chi connectivity index (χ0n) is 18.7. The van der Waals surface area contributed by atoms with Crippen molar-refractivity contribution in [1.82, 2.24) is 20.4 Å². The molecule has 3 aromatic rings. The van der Waals surface area contributed by atoms with Gasteiger partial charge in [0.1, 0.15) is 11.6 Å². The standard InChI is InChI=1S/C23H26F2N6O2/c1-14(2)27-23(29-22(33)15-6-8-16(24)9-7-15)28-21-18-11-10-17(25)13-19(18)31(30-21)12-4-5-20(32)26-3/h6-11,13-14H,4-5,12H2,1-3H3,(H,26,32)(H2,27,28,29,30,33). The van der Waals surface area contributed by atoms with E-state index in [0.29, 0.717) is 36.1 Å². The molecule has 0 spiro atoms. The van der Waals surface area contributed by atoms with Crippen LogP contribution in [-0.4, -0.2) is 40.6 Å². The van der Waals surface area contributed by atoms with Crippen molar-refractivity contribution in [2.45, 2.75) is 39.3 Å². The van der Waals surface area contributed by atoms with Gasteiger partial charge in [-0.15, -0.1) is 0 Å². The minimum Gasteiger partial charge on any atom is -0.359 e. The van der Waals surface area contributed by atoms with Crippen LogP contribution in [0.1, 0.15) is 37.0 Å². The summed E-state index contributed by atoms with van der Waals surface area (Å²) in [5, 5.41) is 13.4. The summed E-state index contributed by atoms with van der Waals surface area (Å²) in [5.74, 6) is -0.888. The van der Waals surface area contributed by atoms with Gasteiger partial charge in [-0.05, 0) is 62.7 Å². The highest BCUT2D eigenvalue weighted by atomic mass is 19.1. The van der Waals surface area contributed by atoms with Gasteiger partial charge in [-0.3, -0.25) is 19.6 Å². The lowest BCUT2D eigenvalue weighted by Gasteiger charge is -2.12. The molecule has 2 aromatic carbocycles. The Bertz CT molecular complexity index is 1170. The molecule has 2 amide bonds. The number of aryl methyl sites for hydroxylation is 1. The fourth-order valence-corrected chi connectivity index (χ4v) is 3.17. The summed E-state index contributed by atoms with van der Waals surface area (Å²) in [4.78, 5) is 28.5. The average molecular weight is 456 g/mol. The molecular weight excluding hydrogens is 430 g/mol. The Kier molecular flexibility index (Phi) is 7.70. The highest BCUT2D eigenvalue weighted by molar-refractivity contribution is 6.11. The van der Waals surface area contributed by atoms with Crippen molar-refractivity contribution in [3.8, 4) is 0 Å². The number of anilines is 1. The van der Waals surface area contributed by atoms with Crippen LogP contribution in [0.3, 0.4) is 0 Å². The van der Waals surface area contributed by atoms with Crippen LogP contribution >= 0.6 is 0 Å². The van der Waals surface area contributed by atoms with Gasteiger partial charge >= 0.3 is 0 Å². The van der Waals surface area contributed by atoms with Crippen molar-refractivity contribution in [2.75, 3.05) is 12.4 Å². The number of hydrogen-bond acceptors (Lipinski definition) is 4. The average Bonchev–Trinajstić information content (AvgIpc) is 3.09. The van der Waals surface area contributed by atoms with Crippen LogP contribution in [0.15, 0.2) is 47.5 Å². The molecule has 0 fully saturated rings. The van der Waals surface area contributed by atoms with Gasteiger partial charge in [0.25, 0.3) is 5.91 Å². The molecule has 0 aliphatic carbocycles. The summed E-state index contributed by atoms with van der Waals surface area (Å²) in [5.41, 5.74) is 0.810. The number of nitrogens with one attached hydrogen (secondary N) is 3. The van der Waals surface area contributed by atoms with Crippen LogP contribution in [0.25, 0.3) is 10.9 Å². The number of carbonyl (C=O) groups is 2. The number of aliphatic imine (C=N–C) groups is 1. The molecule has 8 nitrogen and oxygen atoms in total. The summed E-state index contributed by atoms with van der Waals surface area (Å²) in [6.07, 6.45) is 0.824. The molecule has 33 heavy (non-hydrogen) atoms. The first-order valence-electron chi connectivity index (χ1n) is 10.5. The van der Waals surface area contributed by atoms with E-state index in [1.165, 1.54) is 36.4 Å². The third-order valence-corrected chi connectivity index (χ3v) is 4.73. The Hall–Kier alpha value is -3.82. The normalized spacial score (nSPS) is 11.6. The molecule has 0 saturated heterocycles. The third kappa shape index (κ3) is 6.34. The second kappa shape index (κ2) is 10.7. The van der Waals surface area contributed by atoms with Gasteiger partial charge in [-0.2, -0.15) is 5.10 Å². The summed E-state index contributed by atoms with van der Waals surface area (Å²) < 4.78 is 28.7. The van der Waals surface area contributed by atoms with E-state index < -0.39 is 17.5 Å². The van der Waals surface area contributed by atoms with Crippen LogP contribution in [0, 0.1) is 11.6 Å². The lowest BCUT2D eigenvalue weighted by Crippen LogP contribution is -2.37. The fourth-order valence-electron chi connectivity index (χ4n) is 3.17. The van der Waals surface area contributed by atoms with Gasteiger partial charge in [-0.1, -0.05) is 0 Å². The van der Waals surface area contributed by atoms with E-state index in [2.05, 4.69) is 26.0 Å². The predicted molar refractivity (Wildman–Crippen MR) is 123 cm³/mol. The van der Waals surface area contributed by atoms with Crippen molar-refractivity contribution in [3.05, 3.63) is 59.7 Å². The number of rotatable bonds is 7. The highest BCUT2D eigenvalue weighted by Gasteiger charge is 2.16. The monoisotopic (exact) mass is 456 g/mol. The van der Waals surface area contributed by atoms with E-state index >= 15 is 0 Å². The van der Waals surface area contributed by atoms with Crippen LogP contribution in [0.4, 0.5) is 14.6 Å². The molecule has 0 radical (unpaired) electrons. The van der Waals surface area contributed by atoms with Crippen LogP contribution in [0.5, 0.6) is 0 Å². The molecule has 3 rings (SSSR count). The molecule has 0 aliphatic heterocycles. The summed E-state index contributed by atoms with van der Waals surface area (Å²) in [6.45, 7) is 4.08. The first-order valence-corrected chi connectivity index (χ1v) is 10.5. The number of guanidine groups is 1. The maximum atomic E-state index is 13.9. The minimum absolute atomic E-state index is 0.0918. The van der Waals surface area contributed by atoms with Crippen molar-refractivity contribution >= 4 is 34.5 Å². The van der Waals surface area contributed by atoms with E-state index in [1.54, 1.807) is 17.8 Å². The first kappa shape index (κ1) is 23.8. The van der Waals surface area contributed by atoms with Crippen molar-refractivity contribution in [1.29, 1.82) is 0 Å². The Balaban J connectivity index is 1.86. The molecule has 1 aromatic heterocycles. The summed E-state index contributed by atoms with van der Waals surface area (Å²) in [6, 6.07) is 9.26. The number of amides is 2. The van der Waals surface area contributed by atoms with Gasteiger partial charge < -0.3 is 10.6 Å². The third-order valence-electron chi connectivity index (χ3n) is 4.73. The predicted octanol–water partition coefficient (Wildman–Crippen LogP) is 3.45. The fraction of sp³-hybridized carbons (Fsp3) is 0.304. The van der Waals surface area contributed by atoms with Gasteiger partial charge in [0, 0.05) is 37.0 Å². The minimum atomic E-state index is -0.470. The maximum absolute atomic E-state index is 13.9. The molecule has 0 saturated carbocycles. The molecule has 174 valence electrons. The van der Waals surface area contributed by atoms with E-state index in [4.69, 9.17) is 0 Å². The molecule has 0 atom stereocenters. The smallest absolute Gasteiger partial charge is 0.257 e. The Morgan fingerprint density at radius 1 is 1.09 bits per heavy atom. The molecule has 10 heteroatoms. The van der Waals surface area contributed by atoms with E-state index in [1.807, 2.05) is 13.8 Å². The van der Waals surface area contributed by atoms with Crippen molar-refractivity contribution in [3.63, 3.8) is 0 Å². The first-order chi connectivity index (χ1) is 15.8. The number of aromatic nitrogens is 2. The number of carbonyl (C=O) groups excluding carboxylic acids is 2. The topological polar surface area (TPSA) is 100 Å². The number of halogens is 2. The number of benzene rings is 2. The summed E-state index contributed by atoms with van der Waals surface area (Å²) >= 11 is 0. The second-order valence-electron chi connectivity index (χ2n) is 7.67. The van der Waals surface area contributed by atoms with Gasteiger partial charge in [0.05, 0.1) is 5.52 Å². The molecule has 0 bridgehead atoms. The van der Waals surface area contributed by atoms with Gasteiger partial charge in [-0.25, -0.2) is 13.8 Å². The van der Waals surface area contributed by atoms with Gasteiger partial charge in [0.15, 0.2) is 5.82 Å². The second-order valence-corrected chi connectivity index (χ2v) is 7.67.